The highest BCUT2D eigenvalue weighted by Gasteiger charge is 2.37. The van der Waals surface area contributed by atoms with Crippen LogP contribution in [0.1, 0.15) is 5.89 Å². The number of hydrogen-bond acceptors (Lipinski definition) is 5. The van der Waals surface area contributed by atoms with Gasteiger partial charge >= 0.3 is 6.18 Å². The Morgan fingerprint density at radius 3 is 2.60 bits per heavy atom. The Morgan fingerprint density at radius 1 is 1.25 bits per heavy atom. The maximum absolute atomic E-state index is 12.1. The molecule has 1 heterocycles. The van der Waals surface area contributed by atoms with Crippen molar-refractivity contribution in [3.8, 4) is 11.4 Å². The third-order valence-corrected chi connectivity index (χ3v) is 3.38. The number of halogens is 3. The number of thioether (sulfide) groups is 1. The fraction of sp³-hybridized carbons (Fsp3) is 0.333. The summed E-state index contributed by atoms with van der Waals surface area (Å²) in [5, 5.41) is 12.6. The van der Waals surface area contributed by atoms with Crippen LogP contribution in [0.2, 0.25) is 0 Å². The number of aliphatic hydroxyl groups excluding tert-OH is 1. The first-order valence-corrected chi connectivity index (χ1v) is 6.83. The third kappa shape index (κ3) is 3.97. The van der Waals surface area contributed by atoms with Crippen LogP contribution in [-0.4, -0.2) is 33.3 Å². The van der Waals surface area contributed by atoms with Crippen molar-refractivity contribution in [2.75, 3.05) is 5.75 Å². The van der Waals surface area contributed by atoms with Crippen LogP contribution in [0.25, 0.3) is 11.4 Å². The van der Waals surface area contributed by atoms with Gasteiger partial charge in [-0.15, -0.1) is 11.8 Å². The first-order chi connectivity index (χ1) is 9.47. The highest BCUT2D eigenvalue weighted by atomic mass is 32.2. The Hall–Kier alpha value is -1.54. The van der Waals surface area contributed by atoms with E-state index in [4.69, 9.17) is 9.63 Å². The lowest BCUT2D eigenvalue weighted by atomic mass is 10.2. The average Bonchev–Trinajstić information content (AvgIpc) is 2.87. The fourth-order valence-electron chi connectivity index (χ4n) is 1.37. The van der Waals surface area contributed by atoms with Gasteiger partial charge in [-0.05, 0) is 0 Å². The second-order valence-electron chi connectivity index (χ2n) is 3.95. The molecule has 0 spiro atoms. The average molecular weight is 304 g/mol. The molecule has 2 rings (SSSR count). The van der Waals surface area contributed by atoms with E-state index in [0.717, 1.165) is 17.3 Å². The van der Waals surface area contributed by atoms with Gasteiger partial charge in [-0.3, -0.25) is 0 Å². The summed E-state index contributed by atoms with van der Waals surface area (Å²) in [6.07, 6.45) is -6.94. The molecule has 0 aliphatic carbocycles. The number of alkyl halides is 3. The van der Waals surface area contributed by atoms with E-state index in [-0.39, 0.29) is 11.6 Å². The maximum atomic E-state index is 12.1. The van der Waals surface area contributed by atoms with Crippen LogP contribution in [0.15, 0.2) is 34.9 Å². The van der Waals surface area contributed by atoms with Gasteiger partial charge in [-0.2, -0.15) is 18.2 Å². The largest absolute Gasteiger partial charge is 0.415 e. The van der Waals surface area contributed by atoms with Gasteiger partial charge in [0.25, 0.3) is 0 Å². The van der Waals surface area contributed by atoms with Gasteiger partial charge < -0.3 is 9.63 Å². The summed E-state index contributed by atoms with van der Waals surface area (Å²) in [5.41, 5.74) is 0.767. The minimum absolute atomic E-state index is 0.118. The molecule has 0 unspecified atom stereocenters. The Labute approximate surface area is 117 Å². The van der Waals surface area contributed by atoms with Crippen molar-refractivity contribution in [3.05, 3.63) is 36.2 Å². The van der Waals surface area contributed by atoms with E-state index in [9.17, 15) is 13.2 Å². The van der Waals surface area contributed by atoms with Gasteiger partial charge in [-0.25, -0.2) is 0 Å². The molecule has 1 aromatic heterocycles. The van der Waals surface area contributed by atoms with Gasteiger partial charge in [0.2, 0.25) is 11.7 Å². The Morgan fingerprint density at radius 2 is 1.95 bits per heavy atom. The molecule has 0 saturated heterocycles. The first kappa shape index (κ1) is 14.9. The van der Waals surface area contributed by atoms with Gasteiger partial charge in [0.05, 0.1) is 5.75 Å². The van der Waals surface area contributed by atoms with E-state index in [1.165, 1.54) is 0 Å². The highest BCUT2D eigenvalue weighted by molar-refractivity contribution is 7.98. The SMILES string of the molecule is O[C@@H](CSCc1nc(-c2ccccc2)no1)C(F)(F)F. The summed E-state index contributed by atoms with van der Waals surface area (Å²) in [4.78, 5) is 4.08. The zero-order valence-electron chi connectivity index (χ0n) is 10.2. The molecule has 4 nitrogen and oxygen atoms in total. The van der Waals surface area contributed by atoms with Crippen molar-refractivity contribution in [1.29, 1.82) is 0 Å². The molecule has 108 valence electrons. The van der Waals surface area contributed by atoms with E-state index in [0.29, 0.717) is 5.82 Å². The van der Waals surface area contributed by atoms with Crippen molar-refractivity contribution >= 4 is 11.8 Å². The second kappa shape index (κ2) is 6.27. The van der Waals surface area contributed by atoms with Crippen molar-refractivity contribution in [2.45, 2.75) is 18.0 Å². The predicted octanol–water partition coefficient (Wildman–Crippen LogP) is 2.89. The van der Waals surface area contributed by atoms with Crippen LogP contribution in [-0.2, 0) is 5.75 Å². The summed E-state index contributed by atoms with van der Waals surface area (Å²) < 4.78 is 41.2. The van der Waals surface area contributed by atoms with E-state index < -0.39 is 18.0 Å². The number of aliphatic hydroxyl groups is 1. The second-order valence-corrected chi connectivity index (χ2v) is 4.98. The Kier molecular flexibility index (Phi) is 4.66. The zero-order chi connectivity index (χ0) is 14.6. The lowest BCUT2D eigenvalue weighted by Gasteiger charge is -2.12. The van der Waals surface area contributed by atoms with Crippen LogP contribution in [0.4, 0.5) is 13.2 Å². The molecule has 0 saturated carbocycles. The molecule has 0 aliphatic heterocycles. The summed E-state index contributed by atoms with van der Waals surface area (Å²) in [6, 6.07) is 9.09. The molecule has 1 aromatic carbocycles. The van der Waals surface area contributed by atoms with Crippen LogP contribution in [0.3, 0.4) is 0 Å². The number of benzene rings is 1. The van der Waals surface area contributed by atoms with Gasteiger partial charge in [0, 0.05) is 11.3 Å². The van der Waals surface area contributed by atoms with E-state index >= 15 is 0 Å². The summed E-state index contributed by atoms with van der Waals surface area (Å²) in [5.74, 6) is 0.264. The number of nitrogens with zero attached hydrogens (tertiary/aromatic N) is 2. The molecule has 20 heavy (non-hydrogen) atoms. The number of hydrogen-bond donors (Lipinski definition) is 1. The molecule has 1 N–H and O–H groups in total. The topological polar surface area (TPSA) is 59.2 Å². The zero-order valence-corrected chi connectivity index (χ0v) is 11.0. The van der Waals surface area contributed by atoms with Crippen molar-refractivity contribution < 1.29 is 22.8 Å². The molecule has 2 aromatic rings. The van der Waals surface area contributed by atoms with Gasteiger partial charge in [0.1, 0.15) is 0 Å². The summed E-state index contributed by atoms with van der Waals surface area (Å²) in [7, 11) is 0. The van der Waals surface area contributed by atoms with Crippen LogP contribution < -0.4 is 0 Å². The molecule has 0 bridgehead atoms. The molecular weight excluding hydrogens is 293 g/mol. The van der Waals surface area contributed by atoms with Gasteiger partial charge in [0.15, 0.2) is 6.10 Å². The fourth-order valence-corrected chi connectivity index (χ4v) is 2.19. The molecule has 0 amide bonds. The van der Waals surface area contributed by atoms with Crippen LogP contribution in [0, 0.1) is 0 Å². The Bertz CT molecular complexity index is 545. The molecule has 0 fully saturated rings. The quantitative estimate of drug-likeness (QED) is 0.920. The molecule has 0 radical (unpaired) electrons. The minimum Gasteiger partial charge on any atom is -0.383 e. The molecular formula is C12H11F3N2O2S. The third-order valence-electron chi connectivity index (χ3n) is 2.38. The van der Waals surface area contributed by atoms with E-state index in [2.05, 4.69) is 10.1 Å². The lowest BCUT2D eigenvalue weighted by molar-refractivity contribution is -0.195. The number of aromatic nitrogens is 2. The molecule has 8 heteroatoms. The smallest absolute Gasteiger partial charge is 0.383 e. The van der Waals surface area contributed by atoms with Crippen LogP contribution >= 0.6 is 11.8 Å². The predicted molar refractivity (Wildman–Crippen MR) is 68.0 cm³/mol. The number of rotatable bonds is 5. The monoisotopic (exact) mass is 304 g/mol. The summed E-state index contributed by atoms with van der Waals surface area (Å²) in [6.45, 7) is 0. The van der Waals surface area contributed by atoms with Crippen LogP contribution in [0.5, 0.6) is 0 Å². The normalized spacial score (nSPS) is 13.4. The standard InChI is InChI=1S/C12H11F3N2O2S/c13-12(14,15)9(18)6-20-7-10-16-11(17-19-10)8-4-2-1-3-5-8/h1-5,9,18H,6-7H2/t9-/m0/s1. The maximum Gasteiger partial charge on any atom is 0.415 e. The summed E-state index contributed by atoms with van der Waals surface area (Å²) >= 11 is 0.884. The highest BCUT2D eigenvalue weighted by Crippen LogP contribution is 2.24. The van der Waals surface area contributed by atoms with E-state index in [1.807, 2.05) is 18.2 Å². The van der Waals surface area contributed by atoms with Crippen molar-refractivity contribution in [1.82, 2.24) is 10.1 Å². The van der Waals surface area contributed by atoms with E-state index in [1.54, 1.807) is 12.1 Å². The first-order valence-electron chi connectivity index (χ1n) is 5.67. The van der Waals surface area contributed by atoms with Crippen molar-refractivity contribution in [3.63, 3.8) is 0 Å². The molecule has 0 aliphatic rings. The van der Waals surface area contributed by atoms with Crippen molar-refractivity contribution in [2.24, 2.45) is 0 Å². The molecule has 1 atom stereocenters. The minimum atomic E-state index is -4.60. The lowest BCUT2D eigenvalue weighted by Crippen LogP contribution is -2.30. The van der Waals surface area contributed by atoms with Gasteiger partial charge in [-0.1, -0.05) is 35.5 Å². The Balaban J connectivity index is 1.88.